The van der Waals surface area contributed by atoms with E-state index in [0.29, 0.717) is 0 Å². The van der Waals surface area contributed by atoms with Gasteiger partial charge in [-0.1, -0.05) is 13.8 Å². The topological polar surface area (TPSA) is 95.7 Å². The molecule has 0 spiro atoms. The van der Waals surface area contributed by atoms with Gasteiger partial charge in [-0.05, 0) is 19.8 Å². The molecule has 0 aromatic rings. The molecule has 3 amide bonds. The van der Waals surface area contributed by atoms with Crippen molar-refractivity contribution in [3.63, 3.8) is 0 Å². The largest absolute Gasteiger partial charge is 0.395 e. The maximum absolute atomic E-state index is 12.1. The van der Waals surface area contributed by atoms with Gasteiger partial charge in [0.25, 0.3) is 0 Å². The molecule has 0 saturated carbocycles. The average molecular weight is 245 g/mol. The number of nitrogens with two attached hydrogens (primary N) is 1. The van der Waals surface area contributed by atoms with Crippen LogP contribution in [0.5, 0.6) is 0 Å². The molecule has 0 heterocycles. The van der Waals surface area contributed by atoms with E-state index in [4.69, 9.17) is 10.8 Å². The van der Waals surface area contributed by atoms with Gasteiger partial charge < -0.3 is 21.1 Å². The first kappa shape index (κ1) is 15.7. The van der Waals surface area contributed by atoms with Crippen LogP contribution in [-0.2, 0) is 4.79 Å². The molecule has 0 aliphatic rings. The van der Waals surface area contributed by atoms with E-state index < -0.39 is 12.1 Å². The molecule has 0 fully saturated rings. The third-order valence-corrected chi connectivity index (χ3v) is 2.74. The lowest BCUT2D eigenvalue weighted by atomic mass is 10.1. The molecular formula is C11H23N3O3. The number of carbonyl (C=O) groups is 2. The SMILES string of the molecule is CCC(CC)N(CCO)C(=O)C(C)NC(N)=O. The first-order chi connectivity index (χ1) is 7.97. The number of aliphatic hydroxyl groups excluding tert-OH is 1. The molecule has 0 saturated heterocycles. The van der Waals surface area contributed by atoms with Crippen molar-refractivity contribution in [3.05, 3.63) is 0 Å². The van der Waals surface area contributed by atoms with Gasteiger partial charge in [0.15, 0.2) is 0 Å². The summed E-state index contributed by atoms with van der Waals surface area (Å²) in [6, 6.07) is -1.31. The third-order valence-electron chi connectivity index (χ3n) is 2.74. The molecule has 0 bridgehead atoms. The van der Waals surface area contributed by atoms with Gasteiger partial charge in [0, 0.05) is 12.6 Å². The van der Waals surface area contributed by atoms with Crippen molar-refractivity contribution in [2.24, 2.45) is 5.73 Å². The molecule has 0 aromatic heterocycles. The predicted molar refractivity (Wildman–Crippen MR) is 65.3 cm³/mol. The highest BCUT2D eigenvalue weighted by Gasteiger charge is 2.25. The van der Waals surface area contributed by atoms with Crippen LogP contribution in [0.2, 0.25) is 0 Å². The van der Waals surface area contributed by atoms with Gasteiger partial charge in [-0.25, -0.2) is 4.79 Å². The van der Waals surface area contributed by atoms with E-state index in [9.17, 15) is 9.59 Å². The Balaban J connectivity index is 4.67. The zero-order valence-electron chi connectivity index (χ0n) is 10.8. The van der Waals surface area contributed by atoms with E-state index >= 15 is 0 Å². The average Bonchev–Trinajstić information content (AvgIpc) is 2.27. The fourth-order valence-electron chi connectivity index (χ4n) is 1.83. The Morgan fingerprint density at radius 1 is 1.35 bits per heavy atom. The summed E-state index contributed by atoms with van der Waals surface area (Å²) >= 11 is 0. The van der Waals surface area contributed by atoms with Crippen LogP contribution in [-0.4, -0.2) is 47.2 Å². The summed E-state index contributed by atoms with van der Waals surface area (Å²) in [5.74, 6) is -0.216. The summed E-state index contributed by atoms with van der Waals surface area (Å²) in [5.41, 5.74) is 4.98. The predicted octanol–water partition coefficient (Wildman–Crippen LogP) is 0.0527. The second-order valence-corrected chi connectivity index (χ2v) is 3.96. The van der Waals surface area contributed by atoms with E-state index in [2.05, 4.69) is 5.32 Å². The number of aliphatic hydroxyl groups is 1. The number of carbonyl (C=O) groups excluding carboxylic acids is 2. The Bertz CT molecular complexity index is 254. The lowest BCUT2D eigenvalue weighted by Gasteiger charge is -2.32. The summed E-state index contributed by atoms with van der Waals surface area (Å²) in [6.07, 6.45) is 1.62. The van der Waals surface area contributed by atoms with Crippen LogP contribution < -0.4 is 11.1 Å². The quantitative estimate of drug-likeness (QED) is 0.591. The molecule has 1 atom stereocenters. The molecule has 0 aliphatic carbocycles. The molecular weight excluding hydrogens is 222 g/mol. The highest BCUT2D eigenvalue weighted by Crippen LogP contribution is 2.10. The Morgan fingerprint density at radius 2 is 1.88 bits per heavy atom. The molecule has 100 valence electrons. The van der Waals surface area contributed by atoms with Gasteiger partial charge in [-0.15, -0.1) is 0 Å². The summed E-state index contributed by atoms with van der Waals surface area (Å²) in [7, 11) is 0. The molecule has 6 heteroatoms. The van der Waals surface area contributed by atoms with Crippen LogP contribution in [0, 0.1) is 0 Å². The summed E-state index contributed by atoms with van der Waals surface area (Å²) in [4.78, 5) is 24.4. The zero-order valence-corrected chi connectivity index (χ0v) is 10.8. The maximum Gasteiger partial charge on any atom is 0.312 e. The molecule has 17 heavy (non-hydrogen) atoms. The number of nitrogens with zero attached hydrogens (tertiary/aromatic N) is 1. The first-order valence-electron chi connectivity index (χ1n) is 5.95. The lowest BCUT2D eigenvalue weighted by molar-refractivity contribution is -0.135. The van der Waals surface area contributed by atoms with Crippen LogP contribution >= 0.6 is 0 Å². The van der Waals surface area contributed by atoms with Crippen molar-refractivity contribution < 1.29 is 14.7 Å². The van der Waals surface area contributed by atoms with Crippen molar-refractivity contribution in [2.75, 3.05) is 13.2 Å². The van der Waals surface area contributed by atoms with E-state index in [0.717, 1.165) is 12.8 Å². The monoisotopic (exact) mass is 245 g/mol. The fourth-order valence-corrected chi connectivity index (χ4v) is 1.83. The first-order valence-corrected chi connectivity index (χ1v) is 5.95. The number of hydrogen-bond donors (Lipinski definition) is 3. The highest BCUT2D eigenvalue weighted by atomic mass is 16.3. The Kier molecular flexibility index (Phi) is 7.29. The van der Waals surface area contributed by atoms with Gasteiger partial charge in [0.2, 0.25) is 5.91 Å². The van der Waals surface area contributed by atoms with Crippen molar-refractivity contribution in [3.8, 4) is 0 Å². The molecule has 1 unspecified atom stereocenters. The number of rotatable bonds is 7. The van der Waals surface area contributed by atoms with E-state index in [1.54, 1.807) is 11.8 Å². The summed E-state index contributed by atoms with van der Waals surface area (Å²) in [5, 5.41) is 11.3. The maximum atomic E-state index is 12.1. The second kappa shape index (κ2) is 7.89. The molecule has 4 N–H and O–H groups in total. The number of amides is 3. The fraction of sp³-hybridized carbons (Fsp3) is 0.818. The molecule has 6 nitrogen and oxygen atoms in total. The Morgan fingerprint density at radius 3 is 2.24 bits per heavy atom. The van der Waals surface area contributed by atoms with Gasteiger partial charge in [-0.3, -0.25) is 4.79 Å². The molecule has 0 rings (SSSR count). The minimum atomic E-state index is -0.723. The smallest absolute Gasteiger partial charge is 0.312 e. The third kappa shape index (κ3) is 5.04. The van der Waals surface area contributed by atoms with Crippen LogP contribution in [0.25, 0.3) is 0 Å². The normalized spacial score (nSPS) is 12.3. The van der Waals surface area contributed by atoms with Crippen molar-refractivity contribution in [1.29, 1.82) is 0 Å². The van der Waals surface area contributed by atoms with E-state index in [1.165, 1.54) is 0 Å². The molecule has 0 aromatic carbocycles. The van der Waals surface area contributed by atoms with Crippen molar-refractivity contribution in [1.82, 2.24) is 10.2 Å². The van der Waals surface area contributed by atoms with E-state index in [1.807, 2.05) is 13.8 Å². The Hall–Kier alpha value is -1.30. The minimum absolute atomic E-state index is 0.0757. The van der Waals surface area contributed by atoms with Crippen LogP contribution in [0.4, 0.5) is 4.79 Å². The standard InChI is InChI=1S/C11H23N3O3/c1-4-9(5-2)14(6-7-15)10(16)8(3)13-11(12)17/h8-9,15H,4-7H2,1-3H3,(H3,12,13,17). The van der Waals surface area contributed by atoms with Crippen molar-refractivity contribution in [2.45, 2.75) is 45.7 Å². The van der Waals surface area contributed by atoms with Crippen molar-refractivity contribution >= 4 is 11.9 Å². The number of nitrogens with one attached hydrogen (secondary N) is 1. The van der Waals surface area contributed by atoms with Crippen LogP contribution in [0.1, 0.15) is 33.6 Å². The number of hydrogen-bond acceptors (Lipinski definition) is 3. The number of urea groups is 1. The summed E-state index contributed by atoms with van der Waals surface area (Å²) in [6.45, 7) is 5.73. The lowest BCUT2D eigenvalue weighted by Crippen LogP contribution is -2.52. The van der Waals surface area contributed by atoms with Gasteiger partial charge in [-0.2, -0.15) is 0 Å². The van der Waals surface area contributed by atoms with E-state index in [-0.39, 0.29) is 25.1 Å². The Labute approximate surface area is 102 Å². The zero-order chi connectivity index (χ0) is 13.4. The van der Waals surface area contributed by atoms with Gasteiger partial charge in [0.05, 0.1) is 6.61 Å². The van der Waals surface area contributed by atoms with Gasteiger partial charge in [0.1, 0.15) is 6.04 Å². The van der Waals surface area contributed by atoms with Crippen LogP contribution in [0.3, 0.4) is 0 Å². The number of primary amides is 1. The van der Waals surface area contributed by atoms with Crippen LogP contribution in [0.15, 0.2) is 0 Å². The minimum Gasteiger partial charge on any atom is -0.395 e. The molecule has 0 radical (unpaired) electrons. The molecule has 0 aliphatic heterocycles. The highest BCUT2D eigenvalue weighted by molar-refractivity contribution is 5.86. The van der Waals surface area contributed by atoms with Gasteiger partial charge >= 0.3 is 6.03 Å². The summed E-state index contributed by atoms with van der Waals surface area (Å²) < 4.78 is 0. The second-order valence-electron chi connectivity index (χ2n) is 3.96.